The molecule has 2 aromatic rings. The smallest absolute Gasteiger partial charge is 0.339 e. The molecule has 0 saturated heterocycles. The summed E-state index contributed by atoms with van der Waals surface area (Å²) in [5, 5.41) is 13.6. The number of nitrogens with one attached hydrogen (secondary N) is 1. The third-order valence-electron chi connectivity index (χ3n) is 4.31. The molecule has 27 heavy (non-hydrogen) atoms. The number of anilines is 1. The molecule has 7 heteroatoms. The molecule has 7 nitrogen and oxygen atoms in total. The predicted octanol–water partition coefficient (Wildman–Crippen LogP) is 4.29. The molecule has 2 aromatic carbocycles. The van der Waals surface area contributed by atoms with Crippen LogP contribution in [0.15, 0.2) is 48.5 Å². The van der Waals surface area contributed by atoms with Crippen LogP contribution in [-0.4, -0.2) is 22.9 Å². The number of amides is 1. The lowest BCUT2D eigenvalue weighted by Gasteiger charge is -2.18. The molecule has 0 unspecified atom stereocenters. The van der Waals surface area contributed by atoms with E-state index in [1.807, 2.05) is 18.2 Å². The number of hydrogen-bond donors (Lipinski definition) is 1. The first-order valence-corrected chi connectivity index (χ1v) is 8.68. The summed E-state index contributed by atoms with van der Waals surface area (Å²) in [6.45, 7) is 5.58. The van der Waals surface area contributed by atoms with E-state index in [-0.39, 0.29) is 17.2 Å². The van der Waals surface area contributed by atoms with Crippen molar-refractivity contribution in [2.45, 2.75) is 39.2 Å². The topological polar surface area (TPSA) is 98.5 Å². The maximum Gasteiger partial charge on any atom is 0.339 e. The first-order valence-electron chi connectivity index (χ1n) is 8.68. The van der Waals surface area contributed by atoms with Gasteiger partial charge in [0.2, 0.25) is 0 Å². The maximum atomic E-state index is 12.4. The molecule has 0 heterocycles. The minimum atomic E-state index is -1.05. The van der Waals surface area contributed by atoms with Gasteiger partial charge >= 0.3 is 5.97 Å². The number of ether oxygens (including phenoxy) is 1. The lowest BCUT2D eigenvalue weighted by Crippen LogP contribution is -2.30. The summed E-state index contributed by atoms with van der Waals surface area (Å²) in [7, 11) is 0. The van der Waals surface area contributed by atoms with Crippen molar-refractivity contribution in [3.05, 3.63) is 69.8 Å². The Kier molecular flexibility index (Phi) is 6.65. The van der Waals surface area contributed by atoms with Gasteiger partial charge < -0.3 is 10.1 Å². The number of rotatable bonds is 7. The number of esters is 1. The number of para-hydroxylation sites is 1. The van der Waals surface area contributed by atoms with E-state index in [0.717, 1.165) is 18.1 Å². The number of non-ortho nitro benzene ring substituents is 1. The Balaban J connectivity index is 2.07. The van der Waals surface area contributed by atoms with Gasteiger partial charge in [-0.05, 0) is 37.0 Å². The monoisotopic (exact) mass is 370 g/mol. The van der Waals surface area contributed by atoms with Crippen molar-refractivity contribution in [3.8, 4) is 0 Å². The van der Waals surface area contributed by atoms with Crippen molar-refractivity contribution in [2.24, 2.45) is 0 Å². The Morgan fingerprint density at radius 3 is 2.52 bits per heavy atom. The summed E-state index contributed by atoms with van der Waals surface area (Å²) < 4.78 is 5.16. The summed E-state index contributed by atoms with van der Waals surface area (Å²) in [5.41, 5.74) is 1.48. The summed E-state index contributed by atoms with van der Waals surface area (Å²) in [4.78, 5) is 34.8. The number of benzene rings is 2. The molecule has 0 spiro atoms. The Hall–Kier alpha value is -3.22. The molecule has 2 atom stereocenters. The van der Waals surface area contributed by atoms with Crippen LogP contribution in [0.4, 0.5) is 11.4 Å². The molecule has 0 aromatic heterocycles. The maximum absolute atomic E-state index is 12.4. The SMILES string of the molecule is CC[C@@H](C)c1ccccc1NC(=O)[C@@H](C)OC(=O)c1cccc([N+](=O)[O-])c1. The van der Waals surface area contributed by atoms with Crippen molar-refractivity contribution in [3.63, 3.8) is 0 Å². The highest BCUT2D eigenvalue weighted by molar-refractivity contribution is 5.98. The van der Waals surface area contributed by atoms with Crippen molar-refractivity contribution in [2.75, 3.05) is 5.32 Å². The number of nitrogens with zero attached hydrogens (tertiary/aromatic N) is 1. The van der Waals surface area contributed by atoms with Gasteiger partial charge in [-0.15, -0.1) is 0 Å². The molecular weight excluding hydrogens is 348 g/mol. The van der Waals surface area contributed by atoms with Gasteiger partial charge in [-0.1, -0.05) is 38.1 Å². The first-order chi connectivity index (χ1) is 12.8. The molecule has 0 aliphatic rings. The predicted molar refractivity (Wildman–Crippen MR) is 102 cm³/mol. The third kappa shape index (κ3) is 5.13. The van der Waals surface area contributed by atoms with Gasteiger partial charge in [0.15, 0.2) is 6.10 Å². The Morgan fingerprint density at radius 1 is 1.15 bits per heavy atom. The van der Waals surface area contributed by atoms with Crippen LogP contribution in [-0.2, 0) is 9.53 Å². The highest BCUT2D eigenvalue weighted by atomic mass is 16.6. The van der Waals surface area contributed by atoms with Gasteiger partial charge in [0, 0.05) is 17.8 Å². The second kappa shape index (κ2) is 8.93. The van der Waals surface area contributed by atoms with E-state index in [1.165, 1.54) is 25.1 Å². The minimum Gasteiger partial charge on any atom is -0.449 e. The fourth-order valence-electron chi connectivity index (χ4n) is 2.52. The van der Waals surface area contributed by atoms with Crippen LogP contribution in [0.1, 0.15) is 49.0 Å². The molecule has 2 rings (SSSR count). The highest BCUT2D eigenvalue weighted by Crippen LogP contribution is 2.26. The molecule has 0 saturated carbocycles. The molecule has 1 N–H and O–H groups in total. The van der Waals surface area contributed by atoms with Gasteiger partial charge in [0.25, 0.3) is 11.6 Å². The highest BCUT2D eigenvalue weighted by Gasteiger charge is 2.21. The first kappa shape index (κ1) is 20.1. The van der Waals surface area contributed by atoms with Crippen LogP contribution in [0, 0.1) is 10.1 Å². The average Bonchev–Trinajstić information content (AvgIpc) is 2.67. The van der Waals surface area contributed by atoms with Crippen molar-refractivity contribution in [1.29, 1.82) is 0 Å². The van der Waals surface area contributed by atoms with Crippen molar-refractivity contribution < 1.29 is 19.2 Å². The Labute approximate surface area is 157 Å². The quantitative estimate of drug-likeness (QED) is 0.445. The van der Waals surface area contributed by atoms with Gasteiger partial charge in [-0.25, -0.2) is 4.79 Å². The van der Waals surface area contributed by atoms with Crippen LogP contribution >= 0.6 is 0 Å². The number of nitro benzene ring substituents is 1. The molecule has 0 aliphatic carbocycles. The number of carbonyl (C=O) groups excluding carboxylic acids is 2. The lowest BCUT2D eigenvalue weighted by molar-refractivity contribution is -0.384. The van der Waals surface area contributed by atoms with Gasteiger partial charge in [0.05, 0.1) is 10.5 Å². The molecule has 0 aliphatic heterocycles. The van der Waals surface area contributed by atoms with E-state index in [1.54, 1.807) is 6.07 Å². The summed E-state index contributed by atoms with van der Waals surface area (Å²) in [6, 6.07) is 12.7. The van der Waals surface area contributed by atoms with Crippen molar-refractivity contribution in [1.82, 2.24) is 0 Å². The van der Waals surface area contributed by atoms with E-state index in [4.69, 9.17) is 4.74 Å². The Bertz CT molecular complexity index is 850. The van der Waals surface area contributed by atoms with E-state index >= 15 is 0 Å². The zero-order chi connectivity index (χ0) is 20.0. The summed E-state index contributed by atoms with van der Waals surface area (Å²) in [5.74, 6) is -0.995. The molecule has 0 fully saturated rings. The second-order valence-corrected chi connectivity index (χ2v) is 6.24. The normalized spacial score (nSPS) is 12.7. The van der Waals surface area contributed by atoms with E-state index in [2.05, 4.69) is 19.2 Å². The number of carbonyl (C=O) groups is 2. The molecule has 0 bridgehead atoms. The summed E-state index contributed by atoms with van der Waals surface area (Å²) >= 11 is 0. The van der Waals surface area contributed by atoms with Gasteiger partial charge in [-0.2, -0.15) is 0 Å². The van der Waals surface area contributed by atoms with Gasteiger partial charge in [-0.3, -0.25) is 14.9 Å². The molecule has 0 radical (unpaired) electrons. The van der Waals surface area contributed by atoms with E-state index < -0.39 is 22.9 Å². The number of hydrogen-bond acceptors (Lipinski definition) is 5. The van der Waals surface area contributed by atoms with Crippen LogP contribution in [0.25, 0.3) is 0 Å². The minimum absolute atomic E-state index is 0.0175. The fourth-order valence-corrected chi connectivity index (χ4v) is 2.52. The van der Waals surface area contributed by atoms with Crippen LogP contribution in [0.3, 0.4) is 0 Å². The van der Waals surface area contributed by atoms with E-state index in [0.29, 0.717) is 5.69 Å². The van der Waals surface area contributed by atoms with E-state index in [9.17, 15) is 19.7 Å². The van der Waals surface area contributed by atoms with Crippen LogP contribution < -0.4 is 5.32 Å². The lowest BCUT2D eigenvalue weighted by atomic mass is 9.97. The molecule has 142 valence electrons. The largest absolute Gasteiger partial charge is 0.449 e. The molecule has 1 amide bonds. The Morgan fingerprint density at radius 2 is 1.85 bits per heavy atom. The second-order valence-electron chi connectivity index (χ2n) is 6.24. The average molecular weight is 370 g/mol. The van der Waals surface area contributed by atoms with Crippen LogP contribution in [0.5, 0.6) is 0 Å². The fraction of sp³-hybridized carbons (Fsp3) is 0.300. The van der Waals surface area contributed by atoms with Gasteiger partial charge in [0.1, 0.15) is 0 Å². The standard InChI is InChI=1S/C20H22N2O5/c1-4-13(2)17-10-5-6-11-18(17)21-19(23)14(3)27-20(24)15-8-7-9-16(12-15)22(25)26/h5-14H,4H2,1-3H3,(H,21,23)/t13-,14-/m1/s1. The number of nitro groups is 1. The van der Waals surface area contributed by atoms with Crippen molar-refractivity contribution >= 4 is 23.3 Å². The van der Waals surface area contributed by atoms with Crippen LogP contribution in [0.2, 0.25) is 0 Å². The zero-order valence-corrected chi connectivity index (χ0v) is 15.5. The third-order valence-corrected chi connectivity index (χ3v) is 4.31. The summed E-state index contributed by atoms with van der Waals surface area (Å²) in [6.07, 6.45) is -0.133. The zero-order valence-electron chi connectivity index (χ0n) is 15.5. The molecular formula is C20H22N2O5.